The monoisotopic (exact) mass is 632 g/mol. The van der Waals surface area contributed by atoms with Crippen molar-refractivity contribution in [3.8, 4) is 6.01 Å². The van der Waals surface area contributed by atoms with Crippen molar-refractivity contribution in [1.29, 1.82) is 0 Å². The summed E-state index contributed by atoms with van der Waals surface area (Å²) in [7, 11) is 0. The standard InChI is InChI=1S/C36H52N6O4/c1-3-29(4-2)46-36-38-30(22-33(39-36)37-28-15-19-40(20-16-28)34(44)26-11-6-5-7-12-26)35(45)42-21-17-31(32(43)24-42)41-18-14-25-10-8-9-13-27(25)23-41/h8-10,13,22,26,28-29,31-32,43H,3-7,11-12,14-21,23-24H2,1-2H3,(H,37,38,39)/t31-,32-/m1/s1. The highest BCUT2D eigenvalue weighted by Gasteiger charge is 2.36. The Hall–Kier alpha value is -3.24. The second-order valence-corrected chi connectivity index (χ2v) is 13.7. The van der Waals surface area contributed by atoms with E-state index in [1.165, 1.54) is 17.5 Å². The van der Waals surface area contributed by atoms with E-state index in [1.807, 2.05) is 4.90 Å². The smallest absolute Gasteiger partial charge is 0.319 e. The number of fused-ring (bicyclic) bond motifs is 1. The fourth-order valence-electron chi connectivity index (χ4n) is 7.82. The number of likely N-dealkylation sites (tertiary alicyclic amines) is 2. The average Bonchev–Trinajstić information content (AvgIpc) is 3.10. The van der Waals surface area contributed by atoms with E-state index in [1.54, 1.807) is 11.0 Å². The third-order valence-electron chi connectivity index (χ3n) is 10.7. The summed E-state index contributed by atoms with van der Waals surface area (Å²) < 4.78 is 6.14. The fraction of sp³-hybridized carbons (Fsp3) is 0.667. The highest BCUT2D eigenvalue weighted by Crippen LogP contribution is 2.29. The number of aliphatic hydroxyl groups excluding tert-OH is 1. The Kier molecular flexibility index (Phi) is 10.7. The van der Waals surface area contributed by atoms with Gasteiger partial charge in [-0.3, -0.25) is 14.5 Å². The number of piperidine rings is 2. The lowest BCUT2D eigenvalue weighted by molar-refractivity contribution is -0.137. The Balaban J connectivity index is 1.10. The molecule has 4 aliphatic rings. The van der Waals surface area contributed by atoms with Gasteiger partial charge in [0, 0.05) is 63.3 Å². The van der Waals surface area contributed by atoms with Gasteiger partial charge in [0.2, 0.25) is 5.91 Å². The topological polar surface area (TPSA) is 111 Å². The fourth-order valence-corrected chi connectivity index (χ4v) is 7.82. The first-order valence-corrected chi connectivity index (χ1v) is 17.8. The summed E-state index contributed by atoms with van der Waals surface area (Å²) in [6, 6.07) is 10.6. The number of anilines is 1. The molecule has 1 saturated carbocycles. The zero-order valence-electron chi connectivity index (χ0n) is 27.7. The normalized spacial score (nSPS) is 23.3. The minimum atomic E-state index is -0.635. The molecule has 1 aromatic carbocycles. The van der Waals surface area contributed by atoms with E-state index in [0.717, 1.165) is 84.0 Å². The van der Waals surface area contributed by atoms with Gasteiger partial charge in [0.05, 0.1) is 6.10 Å². The largest absolute Gasteiger partial charge is 0.460 e. The molecule has 0 bridgehead atoms. The minimum absolute atomic E-state index is 0.0182. The summed E-state index contributed by atoms with van der Waals surface area (Å²) in [5.41, 5.74) is 2.99. The number of hydrogen-bond donors (Lipinski definition) is 2. The van der Waals surface area contributed by atoms with Crippen LogP contribution >= 0.6 is 0 Å². The zero-order valence-corrected chi connectivity index (χ0v) is 27.7. The van der Waals surface area contributed by atoms with Crippen molar-refractivity contribution in [2.45, 2.75) is 115 Å². The van der Waals surface area contributed by atoms with E-state index in [4.69, 9.17) is 4.74 Å². The van der Waals surface area contributed by atoms with Gasteiger partial charge in [0.25, 0.3) is 5.91 Å². The number of β-amino-alcohol motifs (C(OH)–C–C–N with tert-alkyl or cyclic N) is 1. The van der Waals surface area contributed by atoms with Gasteiger partial charge in [0.15, 0.2) is 0 Å². The van der Waals surface area contributed by atoms with Crippen LogP contribution in [0.4, 0.5) is 5.82 Å². The average molecular weight is 633 g/mol. The van der Waals surface area contributed by atoms with Crippen LogP contribution in [0.2, 0.25) is 0 Å². The molecule has 2 atom stereocenters. The predicted molar refractivity (Wildman–Crippen MR) is 178 cm³/mol. The number of amides is 2. The summed E-state index contributed by atoms with van der Waals surface area (Å²) in [5, 5.41) is 14.8. The summed E-state index contributed by atoms with van der Waals surface area (Å²) in [4.78, 5) is 42.3. The van der Waals surface area contributed by atoms with E-state index in [9.17, 15) is 14.7 Å². The van der Waals surface area contributed by atoms with Crippen LogP contribution in [-0.2, 0) is 17.8 Å². The van der Waals surface area contributed by atoms with E-state index in [0.29, 0.717) is 24.7 Å². The van der Waals surface area contributed by atoms with Crippen LogP contribution in [0.5, 0.6) is 6.01 Å². The van der Waals surface area contributed by atoms with E-state index < -0.39 is 6.10 Å². The van der Waals surface area contributed by atoms with Gasteiger partial charge in [-0.25, -0.2) is 0 Å². The van der Waals surface area contributed by atoms with Gasteiger partial charge in [-0.05, 0) is 62.5 Å². The Morgan fingerprint density at radius 3 is 2.37 bits per heavy atom. The summed E-state index contributed by atoms with van der Waals surface area (Å²) in [6.07, 6.45) is 9.91. The minimum Gasteiger partial charge on any atom is -0.460 e. The number of nitrogens with one attached hydrogen (secondary N) is 1. The molecule has 46 heavy (non-hydrogen) atoms. The lowest BCUT2D eigenvalue weighted by Crippen LogP contribution is -2.56. The first kappa shape index (κ1) is 32.7. The number of aromatic nitrogens is 2. The maximum Gasteiger partial charge on any atom is 0.319 e. The van der Waals surface area contributed by atoms with E-state index >= 15 is 0 Å². The number of carbonyl (C=O) groups excluding carboxylic acids is 2. The predicted octanol–water partition coefficient (Wildman–Crippen LogP) is 4.66. The van der Waals surface area contributed by atoms with Crippen molar-refractivity contribution in [3.05, 3.63) is 47.2 Å². The molecule has 1 aliphatic carbocycles. The van der Waals surface area contributed by atoms with Crippen LogP contribution in [0.3, 0.4) is 0 Å². The Labute approximate surface area is 273 Å². The van der Waals surface area contributed by atoms with Gasteiger partial charge >= 0.3 is 6.01 Å². The van der Waals surface area contributed by atoms with Gasteiger partial charge in [-0.2, -0.15) is 9.97 Å². The molecule has 2 N–H and O–H groups in total. The highest BCUT2D eigenvalue weighted by atomic mass is 16.5. The molecule has 4 heterocycles. The lowest BCUT2D eigenvalue weighted by Gasteiger charge is -2.43. The lowest BCUT2D eigenvalue weighted by atomic mass is 9.87. The number of hydrogen-bond acceptors (Lipinski definition) is 8. The van der Waals surface area contributed by atoms with Gasteiger partial charge in [-0.15, -0.1) is 0 Å². The zero-order chi connectivity index (χ0) is 32.0. The molecule has 10 heteroatoms. The maximum absolute atomic E-state index is 13.9. The van der Waals surface area contributed by atoms with Crippen LogP contribution in [0.15, 0.2) is 30.3 Å². The molecule has 2 aromatic rings. The maximum atomic E-state index is 13.9. The summed E-state index contributed by atoms with van der Waals surface area (Å²) in [5.74, 6) is 0.872. The van der Waals surface area contributed by atoms with Crippen molar-refractivity contribution in [1.82, 2.24) is 24.7 Å². The molecule has 250 valence electrons. The summed E-state index contributed by atoms with van der Waals surface area (Å²) >= 11 is 0. The molecule has 2 amide bonds. The van der Waals surface area contributed by atoms with Crippen LogP contribution in [-0.4, -0.2) is 98.6 Å². The number of benzene rings is 1. The second-order valence-electron chi connectivity index (χ2n) is 13.7. The number of carbonyl (C=O) groups is 2. The third-order valence-corrected chi connectivity index (χ3v) is 10.7. The van der Waals surface area contributed by atoms with E-state index in [2.05, 4.69) is 58.3 Å². The third kappa shape index (κ3) is 7.65. The first-order chi connectivity index (χ1) is 22.4. The quantitative estimate of drug-likeness (QED) is 0.411. The molecule has 0 radical (unpaired) electrons. The summed E-state index contributed by atoms with van der Waals surface area (Å²) in [6.45, 7) is 8.17. The van der Waals surface area contributed by atoms with Crippen molar-refractivity contribution in [3.63, 3.8) is 0 Å². The van der Waals surface area contributed by atoms with Gasteiger partial charge in [-0.1, -0.05) is 57.4 Å². The number of nitrogens with zero attached hydrogens (tertiary/aromatic N) is 5. The molecule has 0 spiro atoms. The number of aliphatic hydroxyl groups is 1. The molecular formula is C36H52N6O4. The van der Waals surface area contributed by atoms with Crippen LogP contribution in [0.25, 0.3) is 0 Å². The first-order valence-electron chi connectivity index (χ1n) is 17.8. The Bertz CT molecular complexity index is 1340. The van der Waals surface area contributed by atoms with Crippen molar-refractivity contribution < 1.29 is 19.4 Å². The number of rotatable bonds is 9. The van der Waals surface area contributed by atoms with Crippen LogP contribution in [0.1, 0.15) is 99.7 Å². The number of ether oxygens (including phenoxy) is 1. The van der Waals surface area contributed by atoms with E-state index in [-0.39, 0.29) is 48.3 Å². The second kappa shape index (κ2) is 15.1. The Morgan fingerprint density at radius 2 is 1.65 bits per heavy atom. The molecule has 3 aliphatic heterocycles. The van der Waals surface area contributed by atoms with Gasteiger partial charge < -0.3 is 25.0 Å². The molecule has 1 aromatic heterocycles. The van der Waals surface area contributed by atoms with Gasteiger partial charge in [0.1, 0.15) is 17.6 Å². The molecule has 3 fully saturated rings. The van der Waals surface area contributed by atoms with Crippen molar-refractivity contribution in [2.24, 2.45) is 5.92 Å². The molecular weight excluding hydrogens is 580 g/mol. The van der Waals surface area contributed by atoms with Crippen molar-refractivity contribution in [2.75, 3.05) is 38.0 Å². The molecule has 2 saturated heterocycles. The van der Waals surface area contributed by atoms with Crippen LogP contribution < -0.4 is 10.1 Å². The molecule has 6 rings (SSSR count). The molecule has 0 unspecified atom stereocenters. The Morgan fingerprint density at radius 1 is 0.935 bits per heavy atom. The van der Waals surface area contributed by atoms with Crippen LogP contribution in [0, 0.1) is 5.92 Å². The molecule has 10 nitrogen and oxygen atoms in total. The SMILES string of the molecule is CCC(CC)Oc1nc(NC2CCN(C(=O)C3CCCCC3)CC2)cc(C(=O)N2CC[C@@H](N3CCc4ccccc4C3)[C@H](O)C2)n1. The highest BCUT2D eigenvalue weighted by molar-refractivity contribution is 5.93. The van der Waals surface area contributed by atoms with Crippen molar-refractivity contribution >= 4 is 17.6 Å².